The van der Waals surface area contributed by atoms with Crippen molar-refractivity contribution in [3.63, 3.8) is 0 Å². The van der Waals surface area contributed by atoms with Crippen molar-refractivity contribution in [1.82, 2.24) is 9.38 Å². The smallest absolute Gasteiger partial charge is 0.146 e. The standard InChI is InChI=1S/C30H34N2O/c1-28(2,3)26-12-18-11-19-16-8-9-17(10-16)20(19)13-21(18)27-31-23-15-25-22(14-24(23)32(26)27)29(4,5)30(6,7)33-25/h11-17H,8-10H2,1-7H3. The molecule has 1 aliphatic heterocycles. The van der Waals surface area contributed by atoms with E-state index in [0.717, 1.165) is 28.7 Å². The molecule has 170 valence electrons. The minimum absolute atomic E-state index is 0.00237. The number of fused-ring (bicyclic) bond motifs is 11. The molecule has 0 radical (unpaired) electrons. The molecule has 1 saturated carbocycles. The molecule has 2 aromatic heterocycles. The summed E-state index contributed by atoms with van der Waals surface area (Å²) in [6, 6.07) is 12.0. The Bertz CT molecular complexity index is 1510. The van der Waals surface area contributed by atoms with Crippen LogP contribution < -0.4 is 4.74 Å². The lowest BCUT2D eigenvalue weighted by Gasteiger charge is -2.33. The molecule has 3 nitrogen and oxygen atoms in total. The van der Waals surface area contributed by atoms with Crippen LogP contribution in [0.25, 0.3) is 27.5 Å². The highest BCUT2D eigenvalue weighted by Gasteiger charge is 2.48. The number of aromatic nitrogens is 2. The third-order valence-corrected chi connectivity index (χ3v) is 9.41. The van der Waals surface area contributed by atoms with Gasteiger partial charge in [-0.3, -0.25) is 4.40 Å². The predicted molar refractivity (Wildman–Crippen MR) is 136 cm³/mol. The number of pyridine rings is 1. The first-order chi connectivity index (χ1) is 15.5. The summed E-state index contributed by atoms with van der Waals surface area (Å²) < 4.78 is 8.89. The van der Waals surface area contributed by atoms with Crippen LogP contribution >= 0.6 is 0 Å². The molecule has 0 N–H and O–H groups in total. The molecule has 2 aromatic carbocycles. The molecule has 2 bridgehead atoms. The Kier molecular flexibility index (Phi) is 3.46. The van der Waals surface area contributed by atoms with E-state index in [1.165, 1.54) is 46.8 Å². The first-order valence-corrected chi connectivity index (χ1v) is 12.6. The molecule has 7 rings (SSSR count). The summed E-state index contributed by atoms with van der Waals surface area (Å²) in [7, 11) is 0. The lowest BCUT2D eigenvalue weighted by molar-refractivity contribution is 0.0713. The van der Waals surface area contributed by atoms with Crippen molar-refractivity contribution in [2.75, 3.05) is 0 Å². The Morgan fingerprint density at radius 2 is 1.64 bits per heavy atom. The van der Waals surface area contributed by atoms with E-state index in [4.69, 9.17) is 9.72 Å². The van der Waals surface area contributed by atoms with Crippen LogP contribution in [-0.4, -0.2) is 15.0 Å². The van der Waals surface area contributed by atoms with Crippen molar-refractivity contribution in [2.45, 2.75) is 96.0 Å². The van der Waals surface area contributed by atoms with Gasteiger partial charge in [-0.25, -0.2) is 4.98 Å². The highest BCUT2D eigenvalue weighted by molar-refractivity contribution is 6.00. The highest BCUT2D eigenvalue weighted by atomic mass is 16.5. The Hall–Kier alpha value is -2.55. The number of nitrogens with zero attached hydrogens (tertiary/aromatic N) is 2. The van der Waals surface area contributed by atoms with Gasteiger partial charge in [0, 0.05) is 33.5 Å². The van der Waals surface area contributed by atoms with Crippen LogP contribution in [0.2, 0.25) is 0 Å². The van der Waals surface area contributed by atoms with E-state index in [2.05, 4.69) is 83.2 Å². The van der Waals surface area contributed by atoms with Crippen LogP contribution in [0.1, 0.15) is 102 Å². The summed E-state index contributed by atoms with van der Waals surface area (Å²) in [5, 5.41) is 2.64. The predicted octanol–water partition coefficient (Wildman–Crippen LogP) is 7.75. The van der Waals surface area contributed by atoms with Gasteiger partial charge < -0.3 is 4.74 Å². The molecule has 0 amide bonds. The number of rotatable bonds is 0. The van der Waals surface area contributed by atoms with E-state index in [0.29, 0.717) is 0 Å². The van der Waals surface area contributed by atoms with E-state index >= 15 is 0 Å². The first-order valence-electron chi connectivity index (χ1n) is 12.6. The van der Waals surface area contributed by atoms with Gasteiger partial charge in [0.1, 0.15) is 17.0 Å². The van der Waals surface area contributed by atoms with Crippen LogP contribution in [0.4, 0.5) is 0 Å². The third kappa shape index (κ3) is 2.39. The number of benzene rings is 2. The van der Waals surface area contributed by atoms with Gasteiger partial charge in [-0.2, -0.15) is 0 Å². The van der Waals surface area contributed by atoms with Crippen molar-refractivity contribution in [1.29, 1.82) is 0 Å². The van der Waals surface area contributed by atoms with Gasteiger partial charge in [-0.15, -0.1) is 0 Å². The topological polar surface area (TPSA) is 26.5 Å². The number of hydrogen-bond donors (Lipinski definition) is 0. The summed E-state index contributed by atoms with van der Waals surface area (Å²) >= 11 is 0. The summed E-state index contributed by atoms with van der Waals surface area (Å²) in [6.07, 6.45) is 4.06. The van der Waals surface area contributed by atoms with E-state index < -0.39 is 0 Å². The Morgan fingerprint density at radius 3 is 2.33 bits per heavy atom. The number of hydrogen-bond acceptors (Lipinski definition) is 2. The maximum absolute atomic E-state index is 6.44. The molecule has 2 unspecified atom stereocenters. The zero-order chi connectivity index (χ0) is 23.1. The zero-order valence-corrected chi connectivity index (χ0v) is 21.0. The molecule has 3 aliphatic rings. The minimum Gasteiger partial charge on any atom is -0.487 e. The summed E-state index contributed by atoms with van der Waals surface area (Å²) in [6.45, 7) is 15.9. The Labute approximate surface area is 196 Å². The fourth-order valence-corrected chi connectivity index (χ4v) is 6.81. The van der Waals surface area contributed by atoms with Crippen molar-refractivity contribution in [3.8, 4) is 5.75 Å². The average molecular weight is 439 g/mol. The molecule has 2 atom stereocenters. The number of imidazole rings is 1. The van der Waals surface area contributed by atoms with Crippen LogP contribution in [0.3, 0.4) is 0 Å². The lowest BCUT2D eigenvalue weighted by atomic mass is 9.74. The van der Waals surface area contributed by atoms with Gasteiger partial charge in [-0.05, 0) is 79.7 Å². The molecule has 0 saturated heterocycles. The van der Waals surface area contributed by atoms with E-state index in [-0.39, 0.29) is 16.4 Å². The number of ether oxygens (including phenoxy) is 1. The minimum atomic E-state index is -0.242. The Morgan fingerprint density at radius 1 is 0.939 bits per heavy atom. The highest BCUT2D eigenvalue weighted by Crippen LogP contribution is 2.54. The van der Waals surface area contributed by atoms with Gasteiger partial charge in [0.25, 0.3) is 0 Å². The molecule has 3 heterocycles. The van der Waals surface area contributed by atoms with Gasteiger partial charge in [0.15, 0.2) is 0 Å². The van der Waals surface area contributed by atoms with Crippen molar-refractivity contribution in [3.05, 3.63) is 52.7 Å². The van der Waals surface area contributed by atoms with Crippen LogP contribution in [-0.2, 0) is 10.8 Å². The average Bonchev–Trinajstić information content (AvgIpc) is 3.45. The molecule has 0 spiro atoms. The second-order valence-corrected chi connectivity index (χ2v) is 12.9. The summed E-state index contributed by atoms with van der Waals surface area (Å²) in [5.41, 5.74) is 8.82. The van der Waals surface area contributed by atoms with E-state index in [9.17, 15) is 0 Å². The normalized spacial score (nSPS) is 24.6. The quantitative estimate of drug-likeness (QED) is 0.280. The molecule has 2 aliphatic carbocycles. The third-order valence-electron chi connectivity index (χ3n) is 9.41. The van der Waals surface area contributed by atoms with Crippen LogP contribution in [0, 0.1) is 0 Å². The molecular formula is C30H34N2O. The fraction of sp³-hybridized carbons (Fsp3) is 0.500. The molecular weight excluding hydrogens is 404 g/mol. The van der Waals surface area contributed by atoms with E-state index in [1.807, 2.05) is 0 Å². The van der Waals surface area contributed by atoms with E-state index in [1.54, 1.807) is 11.1 Å². The monoisotopic (exact) mass is 438 g/mol. The first kappa shape index (κ1) is 19.9. The van der Waals surface area contributed by atoms with Gasteiger partial charge in [0.2, 0.25) is 0 Å². The van der Waals surface area contributed by atoms with Crippen molar-refractivity contribution < 1.29 is 4.74 Å². The molecule has 33 heavy (non-hydrogen) atoms. The van der Waals surface area contributed by atoms with Crippen molar-refractivity contribution in [2.24, 2.45) is 0 Å². The lowest BCUT2D eigenvalue weighted by Crippen LogP contribution is -2.41. The largest absolute Gasteiger partial charge is 0.487 e. The van der Waals surface area contributed by atoms with Crippen molar-refractivity contribution >= 4 is 27.5 Å². The molecule has 3 heteroatoms. The van der Waals surface area contributed by atoms with Gasteiger partial charge >= 0.3 is 0 Å². The maximum Gasteiger partial charge on any atom is 0.146 e. The zero-order valence-electron chi connectivity index (χ0n) is 21.0. The molecule has 4 aromatic rings. The Balaban J connectivity index is 1.60. The summed E-state index contributed by atoms with van der Waals surface area (Å²) in [4.78, 5) is 5.26. The van der Waals surface area contributed by atoms with Gasteiger partial charge in [0.05, 0.1) is 11.0 Å². The SMILES string of the molecule is CC(C)(C)c1cc2cc3c(cc2c2nc4cc5c(cc4n12)C(C)(C)C(C)(C)O5)C1CCC3C1. The fourth-order valence-electron chi connectivity index (χ4n) is 6.81. The maximum atomic E-state index is 6.44. The van der Waals surface area contributed by atoms with Crippen LogP contribution in [0.15, 0.2) is 30.3 Å². The summed E-state index contributed by atoms with van der Waals surface area (Å²) in [5.74, 6) is 2.51. The van der Waals surface area contributed by atoms with Gasteiger partial charge in [-0.1, -0.05) is 40.7 Å². The second kappa shape index (κ2) is 5.74. The second-order valence-electron chi connectivity index (χ2n) is 12.9. The molecule has 1 fully saturated rings. The van der Waals surface area contributed by atoms with Crippen LogP contribution in [0.5, 0.6) is 5.75 Å².